The van der Waals surface area contributed by atoms with Gasteiger partial charge in [-0.2, -0.15) is 0 Å². The lowest BCUT2D eigenvalue weighted by Gasteiger charge is -2.40. The van der Waals surface area contributed by atoms with Gasteiger partial charge in [-0.25, -0.2) is 9.97 Å². The molecule has 3 aliphatic heterocycles. The van der Waals surface area contributed by atoms with Gasteiger partial charge in [0.25, 0.3) is 0 Å². The molecular weight excluding hydrogens is 314 g/mol. The Labute approximate surface area is 150 Å². The summed E-state index contributed by atoms with van der Waals surface area (Å²) in [7, 11) is 2.21. The van der Waals surface area contributed by atoms with E-state index in [1.807, 2.05) is 26.2 Å². The van der Waals surface area contributed by atoms with Gasteiger partial charge in [0.2, 0.25) is 5.95 Å². The monoisotopic (exact) mass is 343 g/mol. The van der Waals surface area contributed by atoms with Gasteiger partial charge in [-0.3, -0.25) is 9.69 Å². The van der Waals surface area contributed by atoms with Crippen molar-refractivity contribution in [1.82, 2.24) is 19.8 Å². The smallest absolute Gasteiger partial charge is 0.225 e. The molecular formula is C19H29N5O. The molecule has 3 fully saturated rings. The summed E-state index contributed by atoms with van der Waals surface area (Å²) in [4.78, 5) is 28.5. The number of fused-ring (bicyclic) bond motifs is 2. The number of likely N-dealkylation sites (N-methyl/N-ethyl adjacent to an activating group) is 1. The van der Waals surface area contributed by atoms with Crippen LogP contribution in [0.3, 0.4) is 0 Å². The molecule has 0 aliphatic carbocycles. The summed E-state index contributed by atoms with van der Waals surface area (Å²) in [5, 5.41) is 0. The number of hydrogen-bond donors (Lipinski definition) is 0. The van der Waals surface area contributed by atoms with Crippen molar-refractivity contribution < 1.29 is 4.79 Å². The first-order valence-corrected chi connectivity index (χ1v) is 9.55. The van der Waals surface area contributed by atoms with Crippen molar-refractivity contribution in [3.8, 4) is 0 Å². The zero-order chi connectivity index (χ0) is 17.6. The summed E-state index contributed by atoms with van der Waals surface area (Å²) in [6, 6.07) is 1.13. The molecule has 3 aliphatic rings. The third-order valence-corrected chi connectivity index (χ3v) is 5.92. The maximum atomic E-state index is 12.0. The molecule has 4 heterocycles. The minimum absolute atomic E-state index is 0.147. The van der Waals surface area contributed by atoms with Crippen LogP contribution in [0.4, 0.5) is 5.95 Å². The molecule has 25 heavy (non-hydrogen) atoms. The normalized spacial score (nSPS) is 27.8. The number of piperazine rings is 1. The number of Topliss-reactive ketones (excluding diaryl/α,β-unsaturated/α-hetero) is 1. The highest BCUT2D eigenvalue weighted by Gasteiger charge is 2.40. The van der Waals surface area contributed by atoms with E-state index >= 15 is 0 Å². The third kappa shape index (κ3) is 3.29. The summed E-state index contributed by atoms with van der Waals surface area (Å²) < 4.78 is 0. The number of nitrogens with zero attached hydrogens (tertiary/aromatic N) is 5. The number of hydrogen-bond acceptors (Lipinski definition) is 6. The maximum Gasteiger partial charge on any atom is 0.225 e. The van der Waals surface area contributed by atoms with Crippen LogP contribution in [0, 0.1) is 11.8 Å². The minimum Gasteiger partial charge on any atom is -0.332 e. The SMILES string of the molecule is CC(C)C(=O)C1CN(Cc2cnc(N3C4CCC3CN(C)C4)nc2)C1. The molecule has 0 aromatic carbocycles. The fourth-order valence-corrected chi connectivity index (χ4v) is 4.61. The van der Waals surface area contributed by atoms with E-state index in [1.54, 1.807) is 0 Å². The van der Waals surface area contributed by atoms with Gasteiger partial charge in [0.1, 0.15) is 5.78 Å². The predicted octanol–water partition coefficient (Wildman–Crippen LogP) is 1.42. The van der Waals surface area contributed by atoms with Gasteiger partial charge in [0.05, 0.1) is 0 Å². The molecule has 0 N–H and O–H groups in total. The molecule has 2 bridgehead atoms. The predicted molar refractivity (Wildman–Crippen MR) is 97.4 cm³/mol. The molecule has 6 heteroatoms. The summed E-state index contributed by atoms with van der Waals surface area (Å²) in [6.07, 6.45) is 6.44. The molecule has 1 aromatic rings. The lowest BCUT2D eigenvalue weighted by Crippen LogP contribution is -2.53. The Morgan fingerprint density at radius 1 is 1.12 bits per heavy atom. The van der Waals surface area contributed by atoms with Crippen molar-refractivity contribution in [3.63, 3.8) is 0 Å². The van der Waals surface area contributed by atoms with Gasteiger partial charge in [-0.1, -0.05) is 13.8 Å². The van der Waals surface area contributed by atoms with Crippen LogP contribution in [0.2, 0.25) is 0 Å². The molecule has 0 spiro atoms. The number of anilines is 1. The van der Waals surface area contributed by atoms with E-state index in [0.717, 1.165) is 44.2 Å². The molecule has 4 rings (SSSR count). The van der Waals surface area contributed by atoms with Crippen LogP contribution in [0.25, 0.3) is 0 Å². The standard InChI is InChI=1S/C19H29N5O/c1-13(2)18(25)15-9-23(10-15)8-14-6-20-19(21-7-14)24-16-4-5-17(24)12-22(3)11-16/h6-7,13,15-17H,4-5,8-12H2,1-3H3. The maximum absolute atomic E-state index is 12.0. The number of rotatable bonds is 5. The lowest BCUT2D eigenvalue weighted by atomic mass is 9.89. The van der Waals surface area contributed by atoms with E-state index in [2.05, 4.69) is 31.7 Å². The van der Waals surface area contributed by atoms with E-state index in [-0.39, 0.29) is 11.8 Å². The number of carbonyl (C=O) groups excluding carboxylic acids is 1. The Hall–Kier alpha value is -1.53. The van der Waals surface area contributed by atoms with Crippen LogP contribution in [-0.4, -0.2) is 70.9 Å². The van der Waals surface area contributed by atoms with Crippen LogP contribution in [-0.2, 0) is 11.3 Å². The molecule has 6 nitrogen and oxygen atoms in total. The van der Waals surface area contributed by atoms with E-state index < -0.39 is 0 Å². The summed E-state index contributed by atoms with van der Waals surface area (Å²) >= 11 is 0. The van der Waals surface area contributed by atoms with Gasteiger partial charge in [0, 0.05) is 74.6 Å². The number of ketones is 1. The van der Waals surface area contributed by atoms with Crippen molar-refractivity contribution >= 4 is 11.7 Å². The molecule has 0 radical (unpaired) electrons. The van der Waals surface area contributed by atoms with Crippen molar-refractivity contribution in [1.29, 1.82) is 0 Å². The van der Waals surface area contributed by atoms with Crippen LogP contribution in [0.5, 0.6) is 0 Å². The third-order valence-electron chi connectivity index (χ3n) is 5.92. The Morgan fingerprint density at radius 2 is 1.72 bits per heavy atom. The molecule has 136 valence electrons. The zero-order valence-corrected chi connectivity index (χ0v) is 15.6. The second-order valence-corrected chi connectivity index (χ2v) is 8.35. The van der Waals surface area contributed by atoms with Gasteiger partial charge < -0.3 is 9.80 Å². The summed E-state index contributed by atoms with van der Waals surface area (Å²) in [6.45, 7) is 8.80. The first kappa shape index (κ1) is 16.9. The second-order valence-electron chi connectivity index (χ2n) is 8.35. The number of aromatic nitrogens is 2. The van der Waals surface area contributed by atoms with Gasteiger partial charge >= 0.3 is 0 Å². The average Bonchev–Trinajstić information content (AvgIpc) is 2.82. The Morgan fingerprint density at radius 3 is 2.28 bits per heavy atom. The van der Waals surface area contributed by atoms with Crippen LogP contribution >= 0.6 is 0 Å². The molecule has 1 aromatic heterocycles. The first-order valence-electron chi connectivity index (χ1n) is 9.55. The van der Waals surface area contributed by atoms with Gasteiger partial charge in [0.15, 0.2) is 0 Å². The minimum atomic E-state index is 0.147. The highest BCUT2D eigenvalue weighted by Crippen LogP contribution is 2.32. The Balaban J connectivity index is 1.34. The van der Waals surface area contributed by atoms with Gasteiger partial charge in [-0.15, -0.1) is 0 Å². The number of carbonyl (C=O) groups is 1. The lowest BCUT2D eigenvalue weighted by molar-refractivity contribution is -0.131. The number of likely N-dealkylation sites (tertiary alicyclic amines) is 2. The molecule has 0 amide bonds. The highest BCUT2D eigenvalue weighted by atomic mass is 16.1. The fraction of sp³-hybridized carbons (Fsp3) is 0.737. The van der Waals surface area contributed by atoms with E-state index in [0.29, 0.717) is 17.9 Å². The van der Waals surface area contributed by atoms with Crippen LogP contribution in [0.15, 0.2) is 12.4 Å². The molecule has 3 saturated heterocycles. The topological polar surface area (TPSA) is 52.6 Å². The van der Waals surface area contributed by atoms with E-state index in [4.69, 9.17) is 0 Å². The second kappa shape index (κ2) is 6.65. The molecule has 2 atom stereocenters. The molecule has 2 unspecified atom stereocenters. The Kier molecular flexibility index (Phi) is 4.50. The van der Waals surface area contributed by atoms with Crippen molar-refractivity contribution in [3.05, 3.63) is 18.0 Å². The highest BCUT2D eigenvalue weighted by molar-refractivity contribution is 5.84. The van der Waals surface area contributed by atoms with Crippen molar-refractivity contribution in [2.45, 2.75) is 45.3 Å². The van der Waals surface area contributed by atoms with E-state index in [9.17, 15) is 4.79 Å². The van der Waals surface area contributed by atoms with Crippen molar-refractivity contribution in [2.24, 2.45) is 11.8 Å². The first-order chi connectivity index (χ1) is 12.0. The summed E-state index contributed by atoms with van der Waals surface area (Å²) in [5.41, 5.74) is 1.14. The molecule has 0 saturated carbocycles. The largest absolute Gasteiger partial charge is 0.332 e. The van der Waals surface area contributed by atoms with Crippen LogP contribution in [0.1, 0.15) is 32.3 Å². The Bertz CT molecular complexity index is 611. The van der Waals surface area contributed by atoms with Gasteiger partial charge in [-0.05, 0) is 19.9 Å². The van der Waals surface area contributed by atoms with Crippen LogP contribution < -0.4 is 4.90 Å². The fourth-order valence-electron chi connectivity index (χ4n) is 4.61. The quantitative estimate of drug-likeness (QED) is 0.806. The zero-order valence-electron chi connectivity index (χ0n) is 15.6. The summed E-state index contributed by atoms with van der Waals surface area (Å²) in [5.74, 6) is 1.66. The van der Waals surface area contributed by atoms with E-state index in [1.165, 1.54) is 12.8 Å². The average molecular weight is 343 g/mol. The van der Waals surface area contributed by atoms with Crippen molar-refractivity contribution in [2.75, 3.05) is 38.1 Å².